The Kier molecular flexibility index (Phi) is 5.17. The Bertz CT molecular complexity index is 1870. The van der Waals surface area contributed by atoms with E-state index in [-0.39, 0.29) is 10.7 Å². The molecule has 0 amide bonds. The first-order valence-corrected chi connectivity index (χ1v) is 13.1. The molecule has 0 unspecified atom stereocenters. The van der Waals surface area contributed by atoms with E-state index >= 15 is 0 Å². The smallest absolute Gasteiger partial charge is 0.208 e. The van der Waals surface area contributed by atoms with Gasteiger partial charge in [0.15, 0.2) is 11.6 Å². The number of nitrogens with zero attached hydrogens (tertiary/aromatic N) is 3. The molecule has 0 atom stereocenters. The minimum absolute atomic E-state index is 0.109. The molecule has 182 valence electrons. The predicted octanol–water partition coefficient (Wildman–Crippen LogP) is 8.99. The van der Waals surface area contributed by atoms with Crippen molar-refractivity contribution >= 4 is 22.4 Å². The zero-order valence-corrected chi connectivity index (χ0v) is 21.9. The first-order chi connectivity index (χ1) is 18.5. The standard InChI is InChI=1S/C34H24ClN3/c1-34(2)28-19-8-7-16-26(28)30-27(18-10-20-29(30)34)32-36-31(37-33(35)38-32)25-15-6-5-14-24(25)23-17-9-12-21-11-3-4-13-22(21)23/h3-20H,1-2H3. The van der Waals surface area contributed by atoms with Gasteiger partial charge in [-0.05, 0) is 55.8 Å². The number of rotatable bonds is 3. The highest BCUT2D eigenvalue weighted by atomic mass is 35.5. The third kappa shape index (κ3) is 3.47. The molecule has 5 aromatic carbocycles. The highest BCUT2D eigenvalue weighted by molar-refractivity contribution is 6.28. The van der Waals surface area contributed by atoms with E-state index in [0.717, 1.165) is 22.3 Å². The van der Waals surface area contributed by atoms with Gasteiger partial charge in [0.2, 0.25) is 5.28 Å². The second-order valence-electron chi connectivity index (χ2n) is 10.2. The lowest BCUT2D eigenvalue weighted by molar-refractivity contribution is 0.660. The summed E-state index contributed by atoms with van der Waals surface area (Å²) in [7, 11) is 0. The summed E-state index contributed by atoms with van der Waals surface area (Å²) in [6.45, 7) is 4.54. The van der Waals surface area contributed by atoms with E-state index in [0.29, 0.717) is 11.6 Å². The van der Waals surface area contributed by atoms with Crippen molar-refractivity contribution in [3.8, 4) is 45.0 Å². The van der Waals surface area contributed by atoms with Crippen molar-refractivity contribution in [3.63, 3.8) is 0 Å². The summed E-state index contributed by atoms with van der Waals surface area (Å²) in [6, 6.07) is 38.0. The molecule has 1 aromatic heterocycles. The van der Waals surface area contributed by atoms with Crippen LogP contribution < -0.4 is 0 Å². The molecule has 0 saturated carbocycles. The fourth-order valence-electron chi connectivity index (χ4n) is 5.91. The summed E-state index contributed by atoms with van der Waals surface area (Å²) in [5.74, 6) is 1.14. The number of benzene rings is 5. The van der Waals surface area contributed by atoms with Gasteiger partial charge in [-0.3, -0.25) is 0 Å². The Balaban J connectivity index is 1.44. The molecule has 0 N–H and O–H groups in total. The van der Waals surface area contributed by atoms with Gasteiger partial charge in [0, 0.05) is 16.5 Å². The average Bonchev–Trinajstić information content (AvgIpc) is 3.19. The van der Waals surface area contributed by atoms with Crippen LogP contribution in [-0.2, 0) is 5.41 Å². The molecule has 1 aliphatic rings. The van der Waals surface area contributed by atoms with Crippen molar-refractivity contribution in [2.45, 2.75) is 19.3 Å². The normalized spacial score (nSPS) is 13.3. The van der Waals surface area contributed by atoms with Gasteiger partial charge in [-0.1, -0.05) is 123 Å². The molecule has 0 fully saturated rings. The third-order valence-electron chi connectivity index (χ3n) is 7.70. The second kappa shape index (κ2) is 8.61. The second-order valence-corrected chi connectivity index (χ2v) is 10.6. The number of halogens is 1. The zero-order chi connectivity index (χ0) is 25.9. The van der Waals surface area contributed by atoms with Crippen molar-refractivity contribution < 1.29 is 0 Å². The predicted molar refractivity (Wildman–Crippen MR) is 156 cm³/mol. The average molecular weight is 510 g/mol. The van der Waals surface area contributed by atoms with Crippen LogP contribution in [0, 0.1) is 0 Å². The number of fused-ring (bicyclic) bond motifs is 4. The SMILES string of the molecule is CC1(C)c2ccccc2-c2c(-c3nc(Cl)nc(-c4ccccc4-c4cccc5ccccc45)n3)cccc21. The summed E-state index contributed by atoms with van der Waals surface area (Å²) >= 11 is 6.59. The van der Waals surface area contributed by atoms with Crippen molar-refractivity contribution in [2.75, 3.05) is 0 Å². The molecule has 0 saturated heterocycles. The highest BCUT2D eigenvalue weighted by Gasteiger charge is 2.37. The Morgan fingerprint density at radius 3 is 1.89 bits per heavy atom. The molecule has 0 spiro atoms. The fraction of sp³-hybridized carbons (Fsp3) is 0.0882. The Hall–Kier alpha value is -4.34. The molecule has 7 rings (SSSR count). The molecule has 0 aliphatic heterocycles. The van der Waals surface area contributed by atoms with E-state index in [1.165, 1.54) is 33.0 Å². The highest BCUT2D eigenvalue weighted by Crippen LogP contribution is 2.51. The topological polar surface area (TPSA) is 38.7 Å². The quantitative estimate of drug-likeness (QED) is 0.239. The van der Waals surface area contributed by atoms with Gasteiger partial charge in [-0.15, -0.1) is 0 Å². The number of hydrogen-bond acceptors (Lipinski definition) is 3. The molecule has 0 bridgehead atoms. The van der Waals surface area contributed by atoms with Crippen LogP contribution in [-0.4, -0.2) is 15.0 Å². The van der Waals surface area contributed by atoms with E-state index in [1.807, 2.05) is 12.1 Å². The van der Waals surface area contributed by atoms with E-state index < -0.39 is 0 Å². The molecular weight excluding hydrogens is 486 g/mol. The van der Waals surface area contributed by atoms with Gasteiger partial charge < -0.3 is 0 Å². The Morgan fingerprint density at radius 2 is 1.05 bits per heavy atom. The number of hydrogen-bond donors (Lipinski definition) is 0. The summed E-state index contributed by atoms with van der Waals surface area (Å²) in [5, 5.41) is 2.55. The molecular formula is C34H24ClN3. The van der Waals surface area contributed by atoms with Gasteiger partial charge in [-0.2, -0.15) is 9.97 Å². The maximum absolute atomic E-state index is 6.59. The van der Waals surface area contributed by atoms with Gasteiger partial charge in [0.05, 0.1) is 0 Å². The van der Waals surface area contributed by atoms with Crippen molar-refractivity contribution in [2.24, 2.45) is 0 Å². The molecule has 6 aromatic rings. The summed E-state index contributed by atoms with van der Waals surface area (Å²) in [4.78, 5) is 14.3. The lowest BCUT2D eigenvalue weighted by Crippen LogP contribution is -2.14. The molecule has 1 aliphatic carbocycles. The maximum atomic E-state index is 6.59. The summed E-state index contributed by atoms with van der Waals surface area (Å²) in [6.07, 6.45) is 0. The largest absolute Gasteiger partial charge is 0.226 e. The lowest BCUT2D eigenvalue weighted by atomic mass is 9.82. The third-order valence-corrected chi connectivity index (χ3v) is 7.87. The van der Waals surface area contributed by atoms with Gasteiger partial charge in [0.25, 0.3) is 0 Å². The first kappa shape index (κ1) is 22.8. The molecule has 4 heteroatoms. The van der Waals surface area contributed by atoms with Crippen LogP contribution in [0.4, 0.5) is 0 Å². The summed E-state index contributed by atoms with van der Waals surface area (Å²) < 4.78 is 0. The van der Waals surface area contributed by atoms with E-state index in [9.17, 15) is 0 Å². The Morgan fingerprint density at radius 1 is 0.500 bits per heavy atom. The van der Waals surface area contributed by atoms with Crippen LogP contribution in [0.3, 0.4) is 0 Å². The van der Waals surface area contributed by atoms with Crippen molar-refractivity contribution in [1.29, 1.82) is 0 Å². The molecule has 3 nitrogen and oxygen atoms in total. The monoisotopic (exact) mass is 509 g/mol. The minimum atomic E-state index is -0.109. The minimum Gasteiger partial charge on any atom is -0.208 e. The molecule has 1 heterocycles. The van der Waals surface area contributed by atoms with Crippen LogP contribution in [0.1, 0.15) is 25.0 Å². The Labute approximate surface area is 226 Å². The van der Waals surface area contributed by atoms with Gasteiger partial charge in [0.1, 0.15) is 0 Å². The van der Waals surface area contributed by atoms with Crippen LogP contribution in [0.5, 0.6) is 0 Å². The van der Waals surface area contributed by atoms with Crippen LogP contribution in [0.25, 0.3) is 55.8 Å². The summed E-state index contributed by atoms with van der Waals surface area (Å²) in [5.41, 5.74) is 8.94. The van der Waals surface area contributed by atoms with E-state index in [2.05, 4.69) is 121 Å². The maximum Gasteiger partial charge on any atom is 0.226 e. The van der Waals surface area contributed by atoms with Gasteiger partial charge in [-0.25, -0.2) is 4.98 Å². The molecule has 38 heavy (non-hydrogen) atoms. The van der Waals surface area contributed by atoms with Crippen LogP contribution in [0.15, 0.2) is 109 Å². The molecule has 0 radical (unpaired) electrons. The zero-order valence-electron chi connectivity index (χ0n) is 21.1. The number of aromatic nitrogens is 3. The van der Waals surface area contributed by atoms with Crippen molar-refractivity contribution in [1.82, 2.24) is 15.0 Å². The van der Waals surface area contributed by atoms with Crippen LogP contribution >= 0.6 is 11.6 Å². The van der Waals surface area contributed by atoms with E-state index in [1.54, 1.807) is 0 Å². The van der Waals surface area contributed by atoms with Crippen LogP contribution in [0.2, 0.25) is 5.28 Å². The van der Waals surface area contributed by atoms with E-state index in [4.69, 9.17) is 16.6 Å². The first-order valence-electron chi connectivity index (χ1n) is 12.8. The lowest BCUT2D eigenvalue weighted by Gasteiger charge is -2.21. The van der Waals surface area contributed by atoms with Gasteiger partial charge >= 0.3 is 0 Å². The van der Waals surface area contributed by atoms with Crippen molar-refractivity contribution in [3.05, 3.63) is 126 Å². The fourth-order valence-corrected chi connectivity index (χ4v) is 6.07.